The van der Waals surface area contributed by atoms with E-state index in [0.29, 0.717) is 6.10 Å². The van der Waals surface area contributed by atoms with Gasteiger partial charge in [0.05, 0.1) is 17.3 Å². The molecule has 1 aromatic rings. The summed E-state index contributed by atoms with van der Waals surface area (Å²) in [6.45, 7) is 2.93. The first kappa shape index (κ1) is 11.6. The second kappa shape index (κ2) is 4.34. The van der Waals surface area contributed by atoms with Gasteiger partial charge in [0.2, 0.25) is 0 Å². The molecule has 1 saturated carbocycles. The van der Waals surface area contributed by atoms with Gasteiger partial charge in [-0.25, -0.2) is 4.98 Å². The van der Waals surface area contributed by atoms with Crippen molar-refractivity contribution in [2.24, 2.45) is 11.7 Å². The van der Waals surface area contributed by atoms with E-state index in [4.69, 9.17) is 10.5 Å². The molecule has 0 bridgehead atoms. The van der Waals surface area contributed by atoms with E-state index >= 15 is 0 Å². The number of hydrogen-bond acceptors (Lipinski definition) is 4. The third-order valence-electron chi connectivity index (χ3n) is 4.14. The molecular weight excluding hydrogens is 232 g/mol. The lowest BCUT2D eigenvalue weighted by atomic mass is 9.84. The Bertz CT molecular complexity index is 402. The van der Waals surface area contributed by atoms with E-state index in [1.807, 2.05) is 5.51 Å². The number of thiazole rings is 1. The molecular formula is C13H20N2OS. The van der Waals surface area contributed by atoms with Crippen molar-refractivity contribution < 1.29 is 4.74 Å². The number of aromatic nitrogens is 1. The molecule has 0 amide bonds. The van der Waals surface area contributed by atoms with Crippen LogP contribution in [0.2, 0.25) is 0 Å². The molecule has 17 heavy (non-hydrogen) atoms. The predicted molar refractivity (Wildman–Crippen MR) is 69.2 cm³/mol. The minimum atomic E-state index is -0.0857. The summed E-state index contributed by atoms with van der Waals surface area (Å²) in [7, 11) is 0. The van der Waals surface area contributed by atoms with E-state index in [0.717, 1.165) is 31.8 Å². The zero-order valence-corrected chi connectivity index (χ0v) is 11.1. The van der Waals surface area contributed by atoms with Gasteiger partial charge in [-0.2, -0.15) is 0 Å². The first-order valence-corrected chi connectivity index (χ1v) is 7.36. The van der Waals surface area contributed by atoms with E-state index in [2.05, 4.69) is 11.9 Å². The van der Waals surface area contributed by atoms with Crippen LogP contribution in [0.5, 0.6) is 0 Å². The normalized spacial score (nSPS) is 33.2. The molecule has 4 heteroatoms. The minimum absolute atomic E-state index is 0.0857. The Morgan fingerprint density at radius 3 is 3.06 bits per heavy atom. The van der Waals surface area contributed by atoms with Crippen molar-refractivity contribution in [3.05, 3.63) is 16.1 Å². The minimum Gasteiger partial charge on any atom is -0.376 e. The van der Waals surface area contributed by atoms with E-state index in [1.54, 1.807) is 11.3 Å². The second-order valence-corrected chi connectivity index (χ2v) is 6.41. The average Bonchev–Trinajstić information content (AvgIpc) is 2.95. The molecule has 3 rings (SSSR count). The number of aryl methyl sites for hydroxylation is 2. The third-order valence-corrected chi connectivity index (χ3v) is 5.14. The summed E-state index contributed by atoms with van der Waals surface area (Å²) in [5, 5.41) is 0. The first-order valence-electron chi connectivity index (χ1n) is 6.48. The highest BCUT2D eigenvalue weighted by atomic mass is 32.1. The molecule has 0 aromatic carbocycles. The molecule has 3 nitrogen and oxygen atoms in total. The van der Waals surface area contributed by atoms with Gasteiger partial charge in [-0.1, -0.05) is 0 Å². The quantitative estimate of drug-likeness (QED) is 0.894. The summed E-state index contributed by atoms with van der Waals surface area (Å²) in [5.41, 5.74) is 9.58. The van der Waals surface area contributed by atoms with Gasteiger partial charge >= 0.3 is 0 Å². The van der Waals surface area contributed by atoms with Crippen LogP contribution in [-0.4, -0.2) is 23.2 Å². The van der Waals surface area contributed by atoms with E-state index in [1.165, 1.54) is 23.4 Å². The maximum Gasteiger partial charge on any atom is 0.0797 e. The summed E-state index contributed by atoms with van der Waals surface area (Å²) >= 11 is 1.75. The van der Waals surface area contributed by atoms with Crippen molar-refractivity contribution in [2.45, 2.75) is 50.7 Å². The molecule has 2 atom stereocenters. The van der Waals surface area contributed by atoms with Crippen molar-refractivity contribution >= 4 is 11.3 Å². The van der Waals surface area contributed by atoms with Crippen molar-refractivity contribution in [1.29, 1.82) is 0 Å². The van der Waals surface area contributed by atoms with Crippen LogP contribution in [0.1, 0.15) is 36.3 Å². The second-order valence-electron chi connectivity index (χ2n) is 5.47. The van der Waals surface area contributed by atoms with Crippen LogP contribution in [0.4, 0.5) is 0 Å². The Labute approximate surface area is 106 Å². The molecule has 2 N–H and O–H groups in total. The van der Waals surface area contributed by atoms with Gasteiger partial charge in [0, 0.05) is 17.0 Å². The SMILES string of the molecule is Cc1ncsc1CCC1(N)CCOC1C1CC1. The summed E-state index contributed by atoms with van der Waals surface area (Å²) < 4.78 is 5.86. The fraction of sp³-hybridized carbons (Fsp3) is 0.769. The number of nitrogens with zero attached hydrogens (tertiary/aromatic N) is 1. The van der Waals surface area contributed by atoms with Gasteiger partial charge in [-0.3, -0.25) is 0 Å². The summed E-state index contributed by atoms with van der Waals surface area (Å²) in [6.07, 6.45) is 6.05. The van der Waals surface area contributed by atoms with Crippen LogP contribution in [0, 0.1) is 12.8 Å². The summed E-state index contributed by atoms with van der Waals surface area (Å²) in [6, 6.07) is 0. The fourth-order valence-corrected chi connectivity index (χ4v) is 3.65. The zero-order valence-electron chi connectivity index (χ0n) is 10.3. The van der Waals surface area contributed by atoms with Gasteiger partial charge < -0.3 is 10.5 Å². The average molecular weight is 252 g/mol. The van der Waals surface area contributed by atoms with Gasteiger partial charge in [0.15, 0.2) is 0 Å². The van der Waals surface area contributed by atoms with Gasteiger partial charge in [0.1, 0.15) is 0 Å². The monoisotopic (exact) mass is 252 g/mol. The molecule has 1 aromatic heterocycles. The molecule has 1 aliphatic heterocycles. The standard InChI is InChI=1S/C13H20N2OS/c1-9-11(17-8-15-9)4-5-13(14)6-7-16-12(13)10-2-3-10/h8,10,12H,2-7,14H2,1H3. The number of rotatable bonds is 4. The van der Waals surface area contributed by atoms with E-state index in [-0.39, 0.29) is 5.54 Å². The Hall–Kier alpha value is -0.450. The maximum atomic E-state index is 6.57. The van der Waals surface area contributed by atoms with Crippen LogP contribution < -0.4 is 5.73 Å². The fourth-order valence-electron chi connectivity index (χ4n) is 2.87. The molecule has 1 aliphatic carbocycles. The Morgan fingerprint density at radius 1 is 1.59 bits per heavy atom. The maximum absolute atomic E-state index is 6.57. The lowest BCUT2D eigenvalue weighted by molar-refractivity contribution is 0.0603. The topological polar surface area (TPSA) is 48.1 Å². The van der Waals surface area contributed by atoms with Crippen molar-refractivity contribution in [2.75, 3.05) is 6.61 Å². The van der Waals surface area contributed by atoms with Crippen LogP contribution in [0.3, 0.4) is 0 Å². The number of ether oxygens (including phenoxy) is 1. The van der Waals surface area contributed by atoms with Crippen molar-refractivity contribution in [3.63, 3.8) is 0 Å². The summed E-state index contributed by atoms with van der Waals surface area (Å²) in [5.74, 6) is 0.741. The molecule has 1 saturated heterocycles. The van der Waals surface area contributed by atoms with Crippen molar-refractivity contribution in [1.82, 2.24) is 4.98 Å². The van der Waals surface area contributed by atoms with Crippen LogP contribution >= 0.6 is 11.3 Å². The van der Waals surface area contributed by atoms with Gasteiger partial charge in [0.25, 0.3) is 0 Å². The molecule has 0 spiro atoms. The van der Waals surface area contributed by atoms with Gasteiger partial charge in [-0.15, -0.1) is 11.3 Å². The lowest BCUT2D eigenvalue weighted by Crippen LogP contribution is -2.48. The Kier molecular flexibility index (Phi) is 2.97. The molecule has 2 heterocycles. The molecule has 2 fully saturated rings. The molecule has 2 aliphatic rings. The number of nitrogens with two attached hydrogens (primary N) is 1. The highest BCUT2D eigenvalue weighted by Gasteiger charge is 2.48. The molecule has 94 valence electrons. The molecule has 2 unspecified atom stereocenters. The van der Waals surface area contributed by atoms with E-state index in [9.17, 15) is 0 Å². The highest BCUT2D eigenvalue weighted by molar-refractivity contribution is 7.09. The highest BCUT2D eigenvalue weighted by Crippen LogP contribution is 2.44. The Morgan fingerprint density at radius 2 is 2.41 bits per heavy atom. The largest absolute Gasteiger partial charge is 0.376 e. The predicted octanol–water partition coefficient (Wildman–Crippen LogP) is 2.28. The first-order chi connectivity index (χ1) is 8.19. The van der Waals surface area contributed by atoms with Crippen LogP contribution in [-0.2, 0) is 11.2 Å². The number of hydrogen-bond donors (Lipinski definition) is 1. The zero-order chi connectivity index (χ0) is 11.9. The van der Waals surface area contributed by atoms with Crippen LogP contribution in [0.15, 0.2) is 5.51 Å². The molecule has 0 radical (unpaired) electrons. The third kappa shape index (κ3) is 2.26. The van der Waals surface area contributed by atoms with Gasteiger partial charge in [-0.05, 0) is 44.9 Å². The van der Waals surface area contributed by atoms with E-state index < -0.39 is 0 Å². The van der Waals surface area contributed by atoms with Crippen LogP contribution in [0.25, 0.3) is 0 Å². The smallest absolute Gasteiger partial charge is 0.0797 e. The summed E-state index contributed by atoms with van der Waals surface area (Å²) in [4.78, 5) is 5.68. The van der Waals surface area contributed by atoms with Crippen molar-refractivity contribution in [3.8, 4) is 0 Å². The lowest BCUT2D eigenvalue weighted by Gasteiger charge is -2.30. The Balaban J connectivity index is 1.65.